The normalized spacial score (nSPS) is 10.1. The monoisotopic (exact) mass is 330 g/mol. The molecule has 0 unspecified atom stereocenters. The zero-order chi connectivity index (χ0) is 16.5. The fourth-order valence-corrected chi connectivity index (χ4v) is 2.58. The molecule has 2 aromatic rings. The fourth-order valence-electron chi connectivity index (χ4n) is 1.79. The smallest absolute Gasteiger partial charge is 0.257 e. The van der Waals surface area contributed by atoms with Crippen LogP contribution >= 0.6 is 11.8 Å². The van der Waals surface area contributed by atoms with E-state index in [4.69, 9.17) is 10.5 Å². The maximum atomic E-state index is 11.7. The molecule has 0 radical (unpaired) electrons. The summed E-state index contributed by atoms with van der Waals surface area (Å²) in [7, 11) is 0. The lowest BCUT2D eigenvalue weighted by Gasteiger charge is -2.08. The fraction of sp³-hybridized carbons (Fsp3) is 0.176. The second-order valence-electron chi connectivity index (χ2n) is 4.69. The number of benzene rings is 2. The average molecular weight is 330 g/mol. The maximum Gasteiger partial charge on any atom is 0.257 e. The van der Waals surface area contributed by atoms with Crippen molar-refractivity contribution in [3.63, 3.8) is 0 Å². The van der Waals surface area contributed by atoms with Crippen LogP contribution in [0.2, 0.25) is 0 Å². The highest BCUT2D eigenvalue weighted by Crippen LogP contribution is 2.15. The number of carbonyl (C=O) groups is 2. The summed E-state index contributed by atoms with van der Waals surface area (Å²) < 4.78 is 5.35. The van der Waals surface area contributed by atoms with Gasteiger partial charge < -0.3 is 15.8 Å². The first-order chi connectivity index (χ1) is 11.1. The van der Waals surface area contributed by atoms with Gasteiger partial charge in [0.1, 0.15) is 5.75 Å². The molecule has 6 heteroatoms. The third-order valence-electron chi connectivity index (χ3n) is 2.94. The van der Waals surface area contributed by atoms with Crippen LogP contribution < -0.4 is 15.8 Å². The van der Waals surface area contributed by atoms with E-state index in [1.165, 1.54) is 4.90 Å². The molecule has 3 N–H and O–H groups in total. The van der Waals surface area contributed by atoms with Crippen LogP contribution in [0.3, 0.4) is 0 Å². The molecular formula is C17H18N2O3S. The number of primary amides is 1. The molecule has 0 atom stereocenters. The Morgan fingerprint density at radius 2 is 1.74 bits per heavy atom. The Morgan fingerprint density at radius 1 is 1.04 bits per heavy atom. The van der Waals surface area contributed by atoms with Crippen molar-refractivity contribution in [3.05, 3.63) is 60.2 Å². The minimum atomic E-state index is -0.495. The second-order valence-corrected chi connectivity index (χ2v) is 5.86. The van der Waals surface area contributed by atoms with Crippen LogP contribution in [0.25, 0.3) is 0 Å². The predicted molar refractivity (Wildman–Crippen MR) is 90.6 cm³/mol. The molecule has 2 rings (SSSR count). The van der Waals surface area contributed by atoms with Gasteiger partial charge in [0.05, 0.1) is 0 Å². The van der Waals surface area contributed by atoms with E-state index in [1.54, 1.807) is 36.0 Å². The molecule has 0 aliphatic carbocycles. The summed E-state index contributed by atoms with van der Waals surface area (Å²) >= 11 is 1.68. The Hall–Kier alpha value is -2.47. The lowest BCUT2D eigenvalue weighted by molar-refractivity contribution is -0.122. The third-order valence-corrected chi connectivity index (χ3v) is 3.96. The standard InChI is InChI=1S/C17H18N2O3S/c18-17(21)13-6-8-14(9-7-13)22-12-16(20)19-10-11-23-15-4-2-1-3-5-15/h1-9H,10-12H2,(H2,18,21)(H,19,20). The molecule has 0 heterocycles. The molecular weight excluding hydrogens is 312 g/mol. The molecule has 23 heavy (non-hydrogen) atoms. The average Bonchev–Trinajstić information content (AvgIpc) is 2.58. The molecule has 0 saturated carbocycles. The van der Waals surface area contributed by atoms with Crippen LogP contribution in [0.1, 0.15) is 10.4 Å². The Bertz CT molecular complexity index is 645. The molecule has 0 saturated heterocycles. The summed E-state index contributed by atoms with van der Waals surface area (Å²) in [6, 6.07) is 16.3. The predicted octanol–water partition coefficient (Wildman–Crippen LogP) is 2.07. The summed E-state index contributed by atoms with van der Waals surface area (Å²) in [6.07, 6.45) is 0. The van der Waals surface area contributed by atoms with Crippen molar-refractivity contribution in [2.24, 2.45) is 5.73 Å². The Kier molecular flexibility index (Phi) is 6.50. The van der Waals surface area contributed by atoms with Crippen LogP contribution in [-0.4, -0.2) is 30.7 Å². The van der Waals surface area contributed by atoms with Gasteiger partial charge in [0.15, 0.2) is 6.61 Å². The van der Waals surface area contributed by atoms with E-state index < -0.39 is 5.91 Å². The number of rotatable bonds is 8. The Morgan fingerprint density at radius 3 is 2.39 bits per heavy atom. The first-order valence-corrected chi connectivity index (χ1v) is 8.11. The molecule has 2 aromatic carbocycles. The highest BCUT2D eigenvalue weighted by Gasteiger charge is 2.04. The number of nitrogens with one attached hydrogen (secondary N) is 1. The van der Waals surface area contributed by atoms with Crippen LogP contribution in [0.15, 0.2) is 59.5 Å². The Balaban J connectivity index is 1.64. The number of thioether (sulfide) groups is 1. The molecule has 0 spiro atoms. The molecule has 5 nitrogen and oxygen atoms in total. The minimum absolute atomic E-state index is 0.0636. The number of hydrogen-bond donors (Lipinski definition) is 2. The van der Waals surface area contributed by atoms with E-state index in [1.807, 2.05) is 30.3 Å². The largest absolute Gasteiger partial charge is 0.484 e. The zero-order valence-electron chi connectivity index (χ0n) is 12.5. The lowest BCUT2D eigenvalue weighted by Crippen LogP contribution is -2.30. The van der Waals surface area contributed by atoms with E-state index in [-0.39, 0.29) is 12.5 Å². The van der Waals surface area contributed by atoms with Crippen molar-refractivity contribution in [2.75, 3.05) is 18.9 Å². The third kappa shape index (κ3) is 6.04. The zero-order valence-corrected chi connectivity index (χ0v) is 13.3. The summed E-state index contributed by atoms with van der Waals surface area (Å²) in [5, 5.41) is 2.79. The number of ether oxygens (including phenoxy) is 1. The summed E-state index contributed by atoms with van der Waals surface area (Å²) in [6.45, 7) is 0.508. The maximum absolute atomic E-state index is 11.7. The van der Waals surface area contributed by atoms with Gasteiger partial charge in [-0.05, 0) is 36.4 Å². The van der Waals surface area contributed by atoms with Gasteiger partial charge in [0, 0.05) is 22.8 Å². The van der Waals surface area contributed by atoms with Crippen LogP contribution in [0.4, 0.5) is 0 Å². The molecule has 120 valence electrons. The van der Waals surface area contributed by atoms with Crippen molar-refractivity contribution >= 4 is 23.6 Å². The SMILES string of the molecule is NC(=O)c1ccc(OCC(=O)NCCSc2ccccc2)cc1. The first-order valence-electron chi connectivity index (χ1n) is 7.12. The molecule has 0 aliphatic heterocycles. The van der Waals surface area contributed by atoms with Crippen LogP contribution in [-0.2, 0) is 4.79 Å². The molecule has 2 amide bonds. The van der Waals surface area contributed by atoms with E-state index in [2.05, 4.69) is 5.32 Å². The number of nitrogens with two attached hydrogens (primary N) is 1. The van der Waals surface area contributed by atoms with Gasteiger partial charge in [-0.3, -0.25) is 9.59 Å². The van der Waals surface area contributed by atoms with Gasteiger partial charge in [-0.2, -0.15) is 0 Å². The highest BCUT2D eigenvalue weighted by molar-refractivity contribution is 7.99. The van der Waals surface area contributed by atoms with Gasteiger partial charge in [-0.1, -0.05) is 18.2 Å². The van der Waals surface area contributed by atoms with E-state index in [9.17, 15) is 9.59 Å². The van der Waals surface area contributed by atoms with Gasteiger partial charge in [0.25, 0.3) is 5.91 Å². The van der Waals surface area contributed by atoms with Gasteiger partial charge >= 0.3 is 0 Å². The van der Waals surface area contributed by atoms with Crippen LogP contribution in [0.5, 0.6) is 5.75 Å². The van der Waals surface area contributed by atoms with E-state index in [0.29, 0.717) is 17.9 Å². The number of carbonyl (C=O) groups excluding carboxylic acids is 2. The van der Waals surface area contributed by atoms with Crippen molar-refractivity contribution in [1.29, 1.82) is 0 Å². The molecule has 0 aliphatic rings. The number of hydrogen-bond acceptors (Lipinski definition) is 4. The minimum Gasteiger partial charge on any atom is -0.484 e. The van der Waals surface area contributed by atoms with E-state index in [0.717, 1.165) is 5.75 Å². The highest BCUT2D eigenvalue weighted by atomic mass is 32.2. The van der Waals surface area contributed by atoms with Gasteiger partial charge in [-0.25, -0.2) is 0 Å². The van der Waals surface area contributed by atoms with Crippen LogP contribution in [0, 0.1) is 0 Å². The van der Waals surface area contributed by atoms with Crippen molar-refractivity contribution in [2.45, 2.75) is 4.90 Å². The number of amides is 2. The molecule has 0 bridgehead atoms. The van der Waals surface area contributed by atoms with Gasteiger partial charge in [0.2, 0.25) is 5.91 Å². The first kappa shape index (κ1) is 16.9. The quantitative estimate of drug-likeness (QED) is 0.573. The lowest BCUT2D eigenvalue weighted by atomic mass is 10.2. The summed E-state index contributed by atoms with van der Waals surface area (Å²) in [5.74, 6) is 0.634. The Labute approximate surface area is 139 Å². The van der Waals surface area contributed by atoms with Crippen molar-refractivity contribution < 1.29 is 14.3 Å². The van der Waals surface area contributed by atoms with Crippen molar-refractivity contribution in [1.82, 2.24) is 5.32 Å². The molecule has 0 aromatic heterocycles. The van der Waals surface area contributed by atoms with Gasteiger partial charge in [-0.15, -0.1) is 11.8 Å². The molecule has 0 fully saturated rings. The summed E-state index contributed by atoms with van der Waals surface area (Å²) in [4.78, 5) is 23.8. The second kappa shape index (κ2) is 8.85. The summed E-state index contributed by atoms with van der Waals surface area (Å²) in [5.41, 5.74) is 5.55. The van der Waals surface area contributed by atoms with Crippen molar-refractivity contribution in [3.8, 4) is 5.75 Å². The van der Waals surface area contributed by atoms with E-state index >= 15 is 0 Å². The topological polar surface area (TPSA) is 81.4 Å².